The summed E-state index contributed by atoms with van der Waals surface area (Å²) in [5.41, 5.74) is 2.14. The number of piperidine rings is 1. The predicted molar refractivity (Wildman–Crippen MR) is 132 cm³/mol. The Balaban J connectivity index is 1.47. The van der Waals surface area contributed by atoms with Crippen molar-refractivity contribution in [1.82, 2.24) is 15.1 Å². The van der Waals surface area contributed by atoms with Gasteiger partial charge in [0.25, 0.3) is 11.8 Å². The molecule has 2 heterocycles. The molecule has 35 heavy (non-hydrogen) atoms. The van der Waals surface area contributed by atoms with Crippen LogP contribution in [0.3, 0.4) is 0 Å². The molecule has 1 unspecified atom stereocenters. The van der Waals surface area contributed by atoms with Crippen LogP contribution in [0.15, 0.2) is 42.5 Å². The van der Waals surface area contributed by atoms with Gasteiger partial charge in [-0.1, -0.05) is 17.7 Å². The topological polar surface area (TPSA) is 88.2 Å². The third-order valence-electron chi connectivity index (χ3n) is 6.83. The molecule has 8 nitrogen and oxygen atoms in total. The Bertz CT molecular complexity index is 1090. The molecule has 4 rings (SSSR count). The summed E-state index contributed by atoms with van der Waals surface area (Å²) < 4.78 is 10.7. The van der Waals surface area contributed by atoms with E-state index in [9.17, 15) is 14.4 Å². The van der Waals surface area contributed by atoms with Crippen LogP contribution < -0.4 is 14.8 Å². The summed E-state index contributed by atoms with van der Waals surface area (Å²) in [6.45, 7) is 8.17. The fourth-order valence-corrected chi connectivity index (χ4v) is 4.77. The molecule has 8 heteroatoms. The van der Waals surface area contributed by atoms with E-state index in [-0.39, 0.29) is 30.4 Å². The molecule has 0 spiro atoms. The minimum absolute atomic E-state index is 0.00293. The zero-order valence-electron chi connectivity index (χ0n) is 20.6. The van der Waals surface area contributed by atoms with Crippen molar-refractivity contribution in [2.24, 2.45) is 5.92 Å². The SMILES string of the molecule is CCN(CC)C(=O)C(NC(=O)c1ccc2c(c1)OCO2)C1CCN(C(=O)c2cccc(C)c2)CC1. The van der Waals surface area contributed by atoms with Gasteiger partial charge in [-0.15, -0.1) is 0 Å². The summed E-state index contributed by atoms with van der Waals surface area (Å²) in [4.78, 5) is 43.1. The van der Waals surface area contributed by atoms with E-state index in [1.807, 2.05) is 49.9 Å². The van der Waals surface area contributed by atoms with E-state index in [2.05, 4.69) is 5.32 Å². The number of fused-ring (bicyclic) bond motifs is 1. The second-order valence-corrected chi connectivity index (χ2v) is 9.03. The first-order valence-electron chi connectivity index (χ1n) is 12.3. The molecule has 0 aromatic heterocycles. The van der Waals surface area contributed by atoms with Crippen LogP contribution in [0.5, 0.6) is 11.5 Å². The summed E-state index contributed by atoms with van der Waals surface area (Å²) in [5.74, 6) is 0.639. The van der Waals surface area contributed by atoms with Gasteiger partial charge in [-0.3, -0.25) is 14.4 Å². The summed E-state index contributed by atoms with van der Waals surface area (Å²) in [7, 11) is 0. The van der Waals surface area contributed by atoms with Gasteiger partial charge in [0.2, 0.25) is 12.7 Å². The first-order chi connectivity index (χ1) is 16.9. The fourth-order valence-electron chi connectivity index (χ4n) is 4.77. The number of carbonyl (C=O) groups is 3. The molecule has 0 radical (unpaired) electrons. The molecule has 1 saturated heterocycles. The van der Waals surface area contributed by atoms with Crippen LogP contribution in [0, 0.1) is 12.8 Å². The van der Waals surface area contributed by atoms with Crippen LogP contribution >= 0.6 is 0 Å². The van der Waals surface area contributed by atoms with E-state index < -0.39 is 6.04 Å². The minimum Gasteiger partial charge on any atom is -0.454 e. The van der Waals surface area contributed by atoms with E-state index in [1.165, 1.54) is 0 Å². The maximum atomic E-state index is 13.4. The third kappa shape index (κ3) is 5.42. The molecule has 0 bridgehead atoms. The Morgan fingerprint density at radius 2 is 1.71 bits per heavy atom. The number of carbonyl (C=O) groups excluding carboxylic acids is 3. The van der Waals surface area contributed by atoms with E-state index in [1.54, 1.807) is 23.1 Å². The number of amides is 3. The fraction of sp³-hybridized carbons (Fsp3) is 0.444. The molecule has 3 amide bonds. The van der Waals surface area contributed by atoms with Gasteiger partial charge in [0.1, 0.15) is 6.04 Å². The van der Waals surface area contributed by atoms with E-state index >= 15 is 0 Å². The lowest BCUT2D eigenvalue weighted by Crippen LogP contribution is -2.54. The van der Waals surface area contributed by atoms with Gasteiger partial charge in [-0.05, 0) is 69.9 Å². The number of benzene rings is 2. The van der Waals surface area contributed by atoms with E-state index in [0.29, 0.717) is 61.6 Å². The first-order valence-corrected chi connectivity index (χ1v) is 12.3. The number of aryl methyl sites for hydroxylation is 1. The molecule has 2 aliphatic heterocycles. The number of ether oxygens (including phenoxy) is 2. The number of nitrogens with zero attached hydrogens (tertiary/aromatic N) is 2. The van der Waals surface area contributed by atoms with Crippen molar-refractivity contribution < 1.29 is 23.9 Å². The van der Waals surface area contributed by atoms with Gasteiger partial charge in [-0.2, -0.15) is 0 Å². The second-order valence-electron chi connectivity index (χ2n) is 9.03. The third-order valence-corrected chi connectivity index (χ3v) is 6.83. The van der Waals surface area contributed by atoms with Gasteiger partial charge >= 0.3 is 0 Å². The van der Waals surface area contributed by atoms with Crippen molar-refractivity contribution in [1.29, 1.82) is 0 Å². The molecular formula is C27H33N3O5. The molecule has 0 aliphatic carbocycles. The zero-order valence-corrected chi connectivity index (χ0v) is 20.6. The van der Waals surface area contributed by atoms with Crippen molar-refractivity contribution >= 4 is 17.7 Å². The predicted octanol–water partition coefficient (Wildman–Crippen LogP) is 3.24. The van der Waals surface area contributed by atoms with Gasteiger partial charge in [0.05, 0.1) is 0 Å². The number of nitrogens with one attached hydrogen (secondary N) is 1. The molecule has 0 saturated carbocycles. The smallest absolute Gasteiger partial charge is 0.253 e. The van der Waals surface area contributed by atoms with Crippen molar-refractivity contribution in [2.75, 3.05) is 33.0 Å². The monoisotopic (exact) mass is 479 g/mol. The Kier molecular flexibility index (Phi) is 7.58. The van der Waals surface area contributed by atoms with Crippen LogP contribution in [0.2, 0.25) is 0 Å². The molecule has 1 N–H and O–H groups in total. The Morgan fingerprint density at radius 1 is 1.00 bits per heavy atom. The zero-order chi connectivity index (χ0) is 24.9. The molecule has 2 aliphatic rings. The van der Waals surface area contributed by atoms with Crippen molar-refractivity contribution in [2.45, 2.75) is 39.7 Å². The quantitative estimate of drug-likeness (QED) is 0.659. The van der Waals surface area contributed by atoms with Crippen LogP contribution in [-0.4, -0.2) is 66.5 Å². The average Bonchev–Trinajstić information content (AvgIpc) is 3.35. The lowest BCUT2D eigenvalue weighted by molar-refractivity contribution is -0.134. The highest BCUT2D eigenvalue weighted by atomic mass is 16.7. The normalized spacial score (nSPS) is 16.0. The number of hydrogen-bond donors (Lipinski definition) is 1. The second kappa shape index (κ2) is 10.8. The van der Waals surface area contributed by atoms with Gasteiger partial charge in [0, 0.05) is 37.3 Å². The van der Waals surface area contributed by atoms with Gasteiger partial charge < -0.3 is 24.6 Å². The van der Waals surface area contributed by atoms with E-state index in [4.69, 9.17) is 9.47 Å². The maximum absolute atomic E-state index is 13.4. The molecule has 1 atom stereocenters. The lowest BCUT2D eigenvalue weighted by atomic mass is 9.87. The highest BCUT2D eigenvalue weighted by Crippen LogP contribution is 2.32. The molecule has 2 aromatic rings. The Hall–Kier alpha value is -3.55. The van der Waals surface area contributed by atoms with Crippen molar-refractivity contribution in [3.8, 4) is 11.5 Å². The van der Waals surface area contributed by atoms with Crippen LogP contribution in [0.1, 0.15) is 53.0 Å². The largest absolute Gasteiger partial charge is 0.454 e. The number of hydrogen-bond acceptors (Lipinski definition) is 5. The van der Waals surface area contributed by atoms with Gasteiger partial charge in [-0.25, -0.2) is 0 Å². The maximum Gasteiger partial charge on any atom is 0.253 e. The summed E-state index contributed by atoms with van der Waals surface area (Å²) in [5, 5.41) is 3.00. The van der Waals surface area contributed by atoms with Crippen molar-refractivity contribution in [3.63, 3.8) is 0 Å². The summed E-state index contributed by atoms with van der Waals surface area (Å²) in [6.07, 6.45) is 1.27. The molecular weight excluding hydrogens is 446 g/mol. The average molecular weight is 480 g/mol. The number of likely N-dealkylation sites (N-methyl/N-ethyl adjacent to an activating group) is 1. The molecule has 2 aromatic carbocycles. The first kappa shape index (κ1) is 24.6. The van der Waals surface area contributed by atoms with Crippen molar-refractivity contribution in [3.05, 3.63) is 59.2 Å². The highest BCUT2D eigenvalue weighted by molar-refractivity contribution is 5.98. The number of likely N-dealkylation sites (tertiary alicyclic amines) is 1. The summed E-state index contributed by atoms with van der Waals surface area (Å²) >= 11 is 0. The molecule has 1 fully saturated rings. The molecule has 186 valence electrons. The Labute approximate surface area is 206 Å². The van der Waals surface area contributed by atoms with Crippen LogP contribution in [0.4, 0.5) is 0 Å². The standard InChI is InChI=1S/C27H33N3O5/c1-4-29(5-2)27(33)24(28-25(31)20-9-10-22-23(16-20)35-17-34-22)19-11-13-30(14-12-19)26(32)21-8-6-7-18(3)15-21/h6-10,15-16,19,24H,4-5,11-14,17H2,1-3H3,(H,28,31). The van der Waals surface area contributed by atoms with Gasteiger partial charge in [0.15, 0.2) is 11.5 Å². The van der Waals surface area contributed by atoms with E-state index in [0.717, 1.165) is 5.56 Å². The van der Waals surface area contributed by atoms with Crippen LogP contribution in [-0.2, 0) is 4.79 Å². The van der Waals surface area contributed by atoms with Crippen LogP contribution in [0.25, 0.3) is 0 Å². The summed E-state index contributed by atoms with van der Waals surface area (Å²) in [6, 6.07) is 11.9. The Morgan fingerprint density at radius 3 is 2.40 bits per heavy atom. The minimum atomic E-state index is -0.663. The number of rotatable bonds is 7. The lowest BCUT2D eigenvalue weighted by Gasteiger charge is -2.37. The highest BCUT2D eigenvalue weighted by Gasteiger charge is 2.36.